The van der Waals surface area contributed by atoms with Crippen molar-refractivity contribution in [2.24, 2.45) is 5.92 Å². The van der Waals surface area contributed by atoms with Crippen molar-refractivity contribution in [3.05, 3.63) is 41.8 Å². The Morgan fingerprint density at radius 2 is 1.91 bits per heavy atom. The number of rotatable bonds is 5. The predicted molar refractivity (Wildman–Crippen MR) is 87.0 cm³/mol. The van der Waals surface area contributed by atoms with E-state index in [9.17, 15) is 4.39 Å². The SMILES string of the molecule is CNCc1cc(-c2ccc(F)cc2)n(CC2CCCCC2)n1. The molecule has 0 radical (unpaired) electrons. The molecule has 0 amide bonds. The van der Waals surface area contributed by atoms with Crippen molar-refractivity contribution >= 4 is 0 Å². The van der Waals surface area contributed by atoms with Gasteiger partial charge >= 0.3 is 0 Å². The monoisotopic (exact) mass is 301 g/mol. The minimum absolute atomic E-state index is 0.197. The minimum Gasteiger partial charge on any atom is -0.314 e. The zero-order valence-corrected chi connectivity index (χ0v) is 13.2. The summed E-state index contributed by atoms with van der Waals surface area (Å²) in [6, 6.07) is 8.84. The summed E-state index contributed by atoms with van der Waals surface area (Å²) in [6.07, 6.45) is 6.63. The molecule has 1 N–H and O–H groups in total. The van der Waals surface area contributed by atoms with Crippen molar-refractivity contribution < 1.29 is 4.39 Å². The molecule has 2 aromatic rings. The van der Waals surface area contributed by atoms with Crippen molar-refractivity contribution in [3.63, 3.8) is 0 Å². The van der Waals surface area contributed by atoms with Gasteiger partial charge in [0.25, 0.3) is 0 Å². The molecule has 4 heteroatoms. The Bertz CT molecular complexity index is 597. The quantitative estimate of drug-likeness (QED) is 0.905. The third kappa shape index (κ3) is 3.55. The van der Waals surface area contributed by atoms with Crippen molar-refractivity contribution in [2.45, 2.75) is 45.2 Å². The molecule has 1 heterocycles. The van der Waals surface area contributed by atoms with E-state index >= 15 is 0 Å². The average Bonchev–Trinajstić information content (AvgIpc) is 2.92. The van der Waals surface area contributed by atoms with Crippen LogP contribution in [0.3, 0.4) is 0 Å². The molecule has 3 rings (SSSR count). The smallest absolute Gasteiger partial charge is 0.123 e. The third-order valence-electron chi connectivity index (χ3n) is 4.48. The van der Waals surface area contributed by atoms with Crippen LogP contribution in [0.1, 0.15) is 37.8 Å². The van der Waals surface area contributed by atoms with E-state index in [4.69, 9.17) is 5.10 Å². The molecule has 0 bridgehead atoms. The minimum atomic E-state index is -0.197. The molecule has 0 atom stereocenters. The van der Waals surface area contributed by atoms with Crippen LogP contribution in [0.2, 0.25) is 0 Å². The van der Waals surface area contributed by atoms with E-state index in [1.807, 2.05) is 19.2 Å². The summed E-state index contributed by atoms with van der Waals surface area (Å²) >= 11 is 0. The molecule has 118 valence electrons. The summed E-state index contributed by atoms with van der Waals surface area (Å²) in [5.41, 5.74) is 3.17. The second-order valence-corrected chi connectivity index (χ2v) is 6.24. The molecule has 0 unspecified atom stereocenters. The largest absolute Gasteiger partial charge is 0.314 e. The topological polar surface area (TPSA) is 29.9 Å². The van der Waals surface area contributed by atoms with Crippen molar-refractivity contribution in [1.29, 1.82) is 0 Å². The van der Waals surface area contributed by atoms with E-state index in [2.05, 4.69) is 16.1 Å². The zero-order chi connectivity index (χ0) is 15.4. The highest BCUT2D eigenvalue weighted by atomic mass is 19.1. The highest BCUT2D eigenvalue weighted by Gasteiger charge is 2.17. The van der Waals surface area contributed by atoms with Gasteiger partial charge in [-0.2, -0.15) is 5.10 Å². The van der Waals surface area contributed by atoms with E-state index in [0.717, 1.165) is 36.0 Å². The molecule has 0 saturated heterocycles. The highest BCUT2D eigenvalue weighted by Crippen LogP contribution is 2.28. The van der Waals surface area contributed by atoms with Gasteiger partial charge in [0.2, 0.25) is 0 Å². The Morgan fingerprint density at radius 3 is 2.59 bits per heavy atom. The molecule has 1 aliphatic rings. The Hall–Kier alpha value is -1.68. The fourth-order valence-electron chi connectivity index (χ4n) is 3.34. The molecule has 0 aliphatic heterocycles. The van der Waals surface area contributed by atoms with Gasteiger partial charge in [0.1, 0.15) is 5.82 Å². The Morgan fingerprint density at radius 1 is 1.18 bits per heavy atom. The summed E-state index contributed by atoms with van der Waals surface area (Å²) in [6.45, 7) is 1.72. The lowest BCUT2D eigenvalue weighted by Crippen LogP contribution is -2.16. The van der Waals surface area contributed by atoms with Gasteiger partial charge in [-0.15, -0.1) is 0 Å². The normalized spacial score (nSPS) is 16.1. The first-order valence-corrected chi connectivity index (χ1v) is 8.23. The number of hydrogen-bond donors (Lipinski definition) is 1. The molecule has 0 spiro atoms. The van der Waals surface area contributed by atoms with Crippen LogP contribution in [-0.4, -0.2) is 16.8 Å². The number of nitrogens with zero attached hydrogens (tertiary/aromatic N) is 2. The Kier molecular flexibility index (Phi) is 4.88. The molecule has 1 saturated carbocycles. The molecule has 3 nitrogen and oxygen atoms in total. The molecule has 1 aromatic heterocycles. The summed E-state index contributed by atoms with van der Waals surface area (Å²) < 4.78 is 15.3. The maximum absolute atomic E-state index is 13.2. The predicted octanol–water partition coefficient (Wildman–Crippen LogP) is 3.99. The molecule has 1 aliphatic carbocycles. The van der Waals surface area contributed by atoms with Gasteiger partial charge < -0.3 is 5.32 Å². The fourth-order valence-corrected chi connectivity index (χ4v) is 3.34. The average molecular weight is 301 g/mol. The van der Waals surface area contributed by atoms with Crippen LogP contribution < -0.4 is 5.32 Å². The summed E-state index contributed by atoms with van der Waals surface area (Å²) in [4.78, 5) is 0. The van der Waals surface area contributed by atoms with E-state index in [1.54, 1.807) is 0 Å². The summed E-state index contributed by atoms with van der Waals surface area (Å²) in [5, 5.41) is 7.91. The summed E-state index contributed by atoms with van der Waals surface area (Å²) in [5.74, 6) is 0.521. The van der Waals surface area contributed by atoms with E-state index < -0.39 is 0 Å². The zero-order valence-electron chi connectivity index (χ0n) is 13.2. The number of aromatic nitrogens is 2. The molecular formula is C18H24FN3. The molecular weight excluding hydrogens is 277 g/mol. The second kappa shape index (κ2) is 7.05. The molecule has 1 aromatic carbocycles. The van der Waals surface area contributed by atoms with Gasteiger partial charge in [0.15, 0.2) is 0 Å². The number of hydrogen-bond acceptors (Lipinski definition) is 2. The fraction of sp³-hybridized carbons (Fsp3) is 0.500. The lowest BCUT2D eigenvalue weighted by molar-refractivity contribution is 0.309. The van der Waals surface area contributed by atoms with Crippen molar-refractivity contribution in [1.82, 2.24) is 15.1 Å². The van der Waals surface area contributed by atoms with Gasteiger partial charge in [-0.3, -0.25) is 4.68 Å². The van der Waals surface area contributed by atoms with Crippen LogP contribution in [0.4, 0.5) is 4.39 Å². The van der Waals surface area contributed by atoms with Crippen LogP contribution in [0.5, 0.6) is 0 Å². The third-order valence-corrected chi connectivity index (χ3v) is 4.48. The van der Waals surface area contributed by atoms with Gasteiger partial charge in [-0.25, -0.2) is 4.39 Å². The number of halogens is 1. The van der Waals surface area contributed by atoms with Gasteiger partial charge in [-0.1, -0.05) is 19.3 Å². The summed E-state index contributed by atoms with van der Waals surface area (Å²) in [7, 11) is 1.93. The van der Waals surface area contributed by atoms with E-state index in [0.29, 0.717) is 0 Å². The lowest BCUT2D eigenvalue weighted by atomic mass is 9.89. The van der Waals surface area contributed by atoms with Crippen LogP contribution >= 0.6 is 0 Å². The Labute approximate surface area is 131 Å². The number of nitrogens with one attached hydrogen (secondary N) is 1. The number of benzene rings is 1. The van der Waals surface area contributed by atoms with Gasteiger partial charge in [0.05, 0.1) is 11.4 Å². The highest BCUT2D eigenvalue weighted by molar-refractivity contribution is 5.60. The van der Waals surface area contributed by atoms with Crippen molar-refractivity contribution in [3.8, 4) is 11.3 Å². The lowest BCUT2D eigenvalue weighted by Gasteiger charge is -2.22. The van der Waals surface area contributed by atoms with Crippen LogP contribution in [0.15, 0.2) is 30.3 Å². The maximum atomic E-state index is 13.2. The van der Waals surface area contributed by atoms with E-state index in [1.165, 1.54) is 44.2 Å². The Balaban J connectivity index is 1.87. The van der Waals surface area contributed by atoms with Gasteiger partial charge in [-0.05, 0) is 61.7 Å². The van der Waals surface area contributed by atoms with Crippen LogP contribution in [0, 0.1) is 11.7 Å². The molecule has 1 fully saturated rings. The van der Waals surface area contributed by atoms with Crippen LogP contribution in [-0.2, 0) is 13.1 Å². The first kappa shape index (κ1) is 15.2. The second-order valence-electron chi connectivity index (χ2n) is 6.24. The molecule has 22 heavy (non-hydrogen) atoms. The van der Waals surface area contributed by atoms with Crippen molar-refractivity contribution in [2.75, 3.05) is 7.05 Å². The first-order chi connectivity index (χ1) is 10.8. The first-order valence-electron chi connectivity index (χ1n) is 8.23. The van der Waals surface area contributed by atoms with E-state index in [-0.39, 0.29) is 5.82 Å². The van der Waals surface area contributed by atoms with Gasteiger partial charge in [0, 0.05) is 13.1 Å². The van der Waals surface area contributed by atoms with Crippen LogP contribution in [0.25, 0.3) is 11.3 Å². The maximum Gasteiger partial charge on any atom is 0.123 e. The standard InChI is InChI=1S/C18H24FN3/c1-20-12-17-11-18(15-7-9-16(19)10-8-15)22(21-17)13-14-5-3-2-4-6-14/h7-11,14,20H,2-6,12-13H2,1H3.